The molecule has 1 fully saturated rings. The largest absolute Gasteiger partial charge is 0.378 e. The summed E-state index contributed by atoms with van der Waals surface area (Å²) in [5.41, 5.74) is 1.84. The molecule has 0 radical (unpaired) electrons. The third kappa shape index (κ3) is 4.90. The minimum Gasteiger partial charge on any atom is -0.378 e. The second kappa shape index (κ2) is 9.61. The van der Waals surface area contributed by atoms with Crippen LogP contribution >= 0.6 is 0 Å². The second-order valence-electron chi connectivity index (χ2n) is 7.43. The fourth-order valence-corrected chi connectivity index (χ4v) is 3.53. The van der Waals surface area contributed by atoms with Crippen molar-refractivity contribution in [3.8, 4) is 0 Å². The smallest absolute Gasteiger partial charge is 0.307 e. The molecule has 12 heteroatoms. The molecule has 33 heavy (non-hydrogen) atoms. The molecule has 2 amide bonds. The zero-order valence-corrected chi connectivity index (χ0v) is 18.0. The van der Waals surface area contributed by atoms with Crippen molar-refractivity contribution in [1.29, 1.82) is 0 Å². The maximum atomic E-state index is 13.0. The highest BCUT2D eigenvalue weighted by atomic mass is 16.6. The Balaban J connectivity index is 1.46. The molecule has 1 aliphatic heterocycles. The summed E-state index contributed by atoms with van der Waals surface area (Å²) in [4.78, 5) is 37.8. The molecule has 1 N–H and O–H groups in total. The zero-order valence-electron chi connectivity index (χ0n) is 18.0. The van der Waals surface area contributed by atoms with Crippen molar-refractivity contribution in [2.75, 3.05) is 31.6 Å². The van der Waals surface area contributed by atoms with Crippen molar-refractivity contribution in [3.63, 3.8) is 0 Å². The quantitative estimate of drug-likeness (QED) is 0.425. The van der Waals surface area contributed by atoms with Crippen LogP contribution in [0.25, 0.3) is 0 Å². The number of hydrogen-bond donors (Lipinski definition) is 1. The van der Waals surface area contributed by atoms with Gasteiger partial charge in [0.15, 0.2) is 0 Å². The second-order valence-corrected chi connectivity index (χ2v) is 7.43. The Labute approximate surface area is 188 Å². The normalized spacial score (nSPS) is 13.7. The van der Waals surface area contributed by atoms with Crippen LogP contribution in [0.4, 0.5) is 11.4 Å². The Morgan fingerprint density at radius 2 is 1.88 bits per heavy atom. The lowest BCUT2D eigenvalue weighted by molar-refractivity contribution is -0.385. The van der Waals surface area contributed by atoms with Gasteiger partial charge in [0.2, 0.25) is 0 Å². The third-order valence-electron chi connectivity index (χ3n) is 5.28. The minimum absolute atomic E-state index is 0.0824. The number of hydrogen-bond acceptors (Lipinski definition) is 7. The predicted octanol–water partition coefficient (Wildman–Crippen LogP) is 1.78. The number of aromatic nitrogens is 4. The number of rotatable bonds is 7. The SMILES string of the molecule is CCn1ncc(NC(=O)c2ccc(Cn3cc([N+](=O)[O-])cn3)cc2)c1C(=O)N1CCOCC1. The number of ether oxygens (including phenoxy) is 1. The minimum atomic E-state index is -0.504. The van der Waals surface area contributed by atoms with E-state index in [0.29, 0.717) is 56.3 Å². The Morgan fingerprint density at radius 1 is 1.15 bits per heavy atom. The Hall–Kier alpha value is -4.06. The summed E-state index contributed by atoms with van der Waals surface area (Å²) in [5, 5.41) is 21.8. The van der Waals surface area contributed by atoms with Crippen LogP contribution in [0.3, 0.4) is 0 Å². The summed E-state index contributed by atoms with van der Waals surface area (Å²) in [5.74, 6) is -0.570. The summed E-state index contributed by atoms with van der Waals surface area (Å²) in [6, 6.07) is 6.79. The fourth-order valence-electron chi connectivity index (χ4n) is 3.53. The number of amides is 2. The average molecular weight is 453 g/mol. The first-order chi connectivity index (χ1) is 16.0. The lowest BCUT2D eigenvalue weighted by Crippen LogP contribution is -2.41. The van der Waals surface area contributed by atoms with Crippen molar-refractivity contribution in [1.82, 2.24) is 24.5 Å². The van der Waals surface area contributed by atoms with Gasteiger partial charge in [-0.25, -0.2) is 0 Å². The van der Waals surface area contributed by atoms with E-state index in [2.05, 4.69) is 15.5 Å². The topological polar surface area (TPSA) is 137 Å². The molecule has 0 spiro atoms. The summed E-state index contributed by atoms with van der Waals surface area (Å²) >= 11 is 0. The molecule has 0 atom stereocenters. The van der Waals surface area contributed by atoms with Crippen LogP contribution in [0.15, 0.2) is 42.9 Å². The molecule has 2 aromatic heterocycles. The molecule has 4 rings (SSSR count). The van der Waals surface area contributed by atoms with Gasteiger partial charge >= 0.3 is 5.69 Å². The molecule has 0 bridgehead atoms. The lowest BCUT2D eigenvalue weighted by Gasteiger charge is -2.27. The summed E-state index contributed by atoms with van der Waals surface area (Å²) < 4.78 is 8.34. The van der Waals surface area contributed by atoms with E-state index in [-0.39, 0.29) is 17.5 Å². The molecule has 1 saturated heterocycles. The van der Waals surface area contributed by atoms with Gasteiger partial charge in [-0.05, 0) is 24.6 Å². The van der Waals surface area contributed by atoms with Crippen molar-refractivity contribution < 1.29 is 19.2 Å². The van der Waals surface area contributed by atoms with Gasteiger partial charge in [-0.15, -0.1) is 0 Å². The van der Waals surface area contributed by atoms with Gasteiger partial charge in [0.25, 0.3) is 11.8 Å². The van der Waals surface area contributed by atoms with Crippen molar-refractivity contribution >= 4 is 23.2 Å². The predicted molar refractivity (Wildman–Crippen MR) is 117 cm³/mol. The number of benzene rings is 1. The van der Waals surface area contributed by atoms with E-state index >= 15 is 0 Å². The summed E-state index contributed by atoms with van der Waals surface area (Å²) in [7, 11) is 0. The van der Waals surface area contributed by atoms with E-state index in [1.165, 1.54) is 23.3 Å². The van der Waals surface area contributed by atoms with Gasteiger partial charge in [0.1, 0.15) is 18.1 Å². The van der Waals surface area contributed by atoms with Crippen LogP contribution in [-0.4, -0.2) is 67.5 Å². The molecule has 3 heterocycles. The Morgan fingerprint density at radius 3 is 2.52 bits per heavy atom. The van der Waals surface area contributed by atoms with E-state index in [4.69, 9.17) is 4.74 Å². The molecular formula is C21H23N7O5. The van der Waals surface area contributed by atoms with E-state index in [1.54, 1.807) is 33.8 Å². The molecular weight excluding hydrogens is 430 g/mol. The van der Waals surface area contributed by atoms with Crippen molar-refractivity contribution in [2.24, 2.45) is 0 Å². The van der Waals surface area contributed by atoms with Gasteiger partial charge in [0, 0.05) is 25.2 Å². The van der Waals surface area contributed by atoms with Gasteiger partial charge in [0.05, 0.1) is 36.6 Å². The summed E-state index contributed by atoms with van der Waals surface area (Å²) in [6.45, 7) is 4.63. The summed E-state index contributed by atoms with van der Waals surface area (Å²) in [6.07, 6.45) is 4.02. The number of anilines is 1. The molecule has 172 valence electrons. The fraction of sp³-hybridized carbons (Fsp3) is 0.333. The Kier molecular flexibility index (Phi) is 6.45. The molecule has 0 unspecified atom stereocenters. The van der Waals surface area contributed by atoms with Crippen molar-refractivity contribution in [3.05, 3.63) is 69.8 Å². The van der Waals surface area contributed by atoms with Crippen LogP contribution in [0, 0.1) is 10.1 Å². The maximum Gasteiger partial charge on any atom is 0.307 e. The lowest BCUT2D eigenvalue weighted by atomic mass is 10.1. The first-order valence-corrected chi connectivity index (χ1v) is 10.5. The van der Waals surface area contributed by atoms with Crippen LogP contribution in [0.2, 0.25) is 0 Å². The average Bonchev–Trinajstić information content (AvgIpc) is 3.46. The highest BCUT2D eigenvalue weighted by molar-refractivity contribution is 6.08. The van der Waals surface area contributed by atoms with E-state index in [1.807, 2.05) is 6.92 Å². The first-order valence-electron chi connectivity index (χ1n) is 10.5. The van der Waals surface area contributed by atoms with Gasteiger partial charge < -0.3 is 15.0 Å². The zero-order chi connectivity index (χ0) is 23.4. The van der Waals surface area contributed by atoms with Crippen molar-refractivity contribution in [2.45, 2.75) is 20.0 Å². The van der Waals surface area contributed by atoms with Crippen LogP contribution in [0.1, 0.15) is 33.3 Å². The van der Waals surface area contributed by atoms with Crippen LogP contribution < -0.4 is 5.32 Å². The monoisotopic (exact) mass is 453 g/mol. The van der Waals surface area contributed by atoms with Crippen LogP contribution in [0.5, 0.6) is 0 Å². The maximum absolute atomic E-state index is 13.0. The molecule has 3 aromatic rings. The van der Waals surface area contributed by atoms with Gasteiger partial charge in [-0.3, -0.25) is 29.1 Å². The number of aryl methyl sites for hydroxylation is 1. The molecule has 1 aromatic carbocycles. The molecule has 1 aliphatic rings. The van der Waals surface area contributed by atoms with Crippen LogP contribution in [-0.2, 0) is 17.8 Å². The van der Waals surface area contributed by atoms with E-state index < -0.39 is 4.92 Å². The Bertz CT molecular complexity index is 1160. The molecule has 12 nitrogen and oxygen atoms in total. The molecule has 0 aliphatic carbocycles. The molecule has 0 saturated carbocycles. The number of morpholine rings is 1. The highest BCUT2D eigenvalue weighted by Crippen LogP contribution is 2.20. The van der Waals surface area contributed by atoms with Gasteiger partial charge in [-0.1, -0.05) is 12.1 Å². The highest BCUT2D eigenvalue weighted by Gasteiger charge is 2.26. The van der Waals surface area contributed by atoms with Gasteiger partial charge in [-0.2, -0.15) is 10.2 Å². The number of nitrogens with one attached hydrogen (secondary N) is 1. The number of carbonyl (C=O) groups is 2. The third-order valence-corrected chi connectivity index (χ3v) is 5.28. The van der Waals surface area contributed by atoms with E-state index in [9.17, 15) is 19.7 Å². The number of nitrogens with zero attached hydrogens (tertiary/aromatic N) is 6. The van der Waals surface area contributed by atoms with E-state index in [0.717, 1.165) is 5.56 Å². The first kappa shape index (κ1) is 22.1. The number of nitro groups is 1. The standard InChI is InChI=1S/C21H23N7O5/c1-2-27-19(21(30)25-7-9-33-10-8-25)18(12-23-27)24-20(29)16-5-3-15(4-6-16)13-26-14-17(11-22-26)28(31)32/h3-6,11-12,14H,2,7-10,13H2,1H3,(H,24,29). The number of carbonyl (C=O) groups excluding carboxylic acids is 2.